The molecule has 0 atom stereocenters. The molecule has 1 N–H and O–H groups in total. The van der Waals surface area contributed by atoms with E-state index in [0.717, 1.165) is 31.4 Å². The molecule has 2 amide bonds. The summed E-state index contributed by atoms with van der Waals surface area (Å²) in [6.45, 7) is 1.28. The maximum absolute atomic E-state index is 13.0. The van der Waals surface area contributed by atoms with Gasteiger partial charge in [0.1, 0.15) is 11.5 Å². The van der Waals surface area contributed by atoms with Gasteiger partial charge in [0, 0.05) is 13.1 Å². The van der Waals surface area contributed by atoms with Crippen LogP contribution >= 0.6 is 0 Å². The van der Waals surface area contributed by atoms with Crippen molar-refractivity contribution in [3.8, 4) is 0 Å². The molecule has 1 aromatic rings. The van der Waals surface area contributed by atoms with Gasteiger partial charge in [0.05, 0.1) is 11.0 Å². The maximum Gasteiger partial charge on any atom is 0.322 e. The Morgan fingerprint density at radius 3 is 2.63 bits per heavy atom. The van der Waals surface area contributed by atoms with Crippen LogP contribution in [-0.2, 0) is 0 Å². The number of nitrogens with zero attached hydrogens (tertiary/aromatic N) is 2. The van der Waals surface area contributed by atoms with Gasteiger partial charge in [-0.25, -0.2) is 9.18 Å². The molecule has 1 aliphatic rings. The molecule has 0 spiro atoms. The van der Waals surface area contributed by atoms with E-state index in [-0.39, 0.29) is 11.7 Å². The molecule has 102 valence electrons. The quantitative estimate of drug-likeness (QED) is 0.661. The highest BCUT2D eigenvalue weighted by atomic mass is 19.1. The molecular formula is C12H14FN3O3. The Kier molecular flexibility index (Phi) is 3.94. The molecule has 1 aliphatic heterocycles. The van der Waals surface area contributed by atoms with Gasteiger partial charge in [-0.15, -0.1) is 0 Å². The third kappa shape index (κ3) is 3.18. The first-order chi connectivity index (χ1) is 9.08. The summed E-state index contributed by atoms with van der Waals surface area (Å²) in [6, 6.07) is 2.70. The number of halogens is 1. The summed E-state index contributed by atoms with van der Waals surface area (Å²) in [6.07, 6.45) is 2.94. The van der Waals surface area contributed by atoms with Crippen molar-refractivity contribution in [1.82, 2.24) is 4.90 Å². The minimum absolute atomic E-state index is 0.0157. The molecule has 1 heterocycles. The Balaban J connectivity index is 2.13. The largest absolute Gasteiger partial charge is 0.325 e. The van der Waals surface area contributed by atoms with E-state index in [1.54, 1.807) is 4.90 Å². The number of piperidine rings is 1. The summed E-state index contributed by atoms with van der Waals surface area (Å²) in [5.41, 5.74) is -0.424. The third-order valence-electron chi connectivity index (χ3n) is 3.04. The molecule has 7 heteroatoms. The highest BCUT2D eigenvalue weighted by molar-refractivity contribution is 5.91. The second-order valence-electron chi connectivity index (χ2n) is 4.40. The monoisotopic (exact) mass is 267 g/mol. The second kappa shape index (κ2) is 5.64. The molecule has 0 radical (unpaired) electrons. The first-order valence-corrected chi connectivity index (χ1v) is 6.08. The van der Waals surface area contributed by atoms with E-state index >= 15 is 0 Å². The van der Waals surface area contributed by atoms with E-state index in [1.165, 1.54) is 6.07 Å². The molecule has 19 heavy (non-hydrogen) atoms. The number of nitro groups is 1. The van der Waals surface area contributed by atoms with Gasteiger partial charge in [-0.1, -0.05) is 0 Å². The highest BCUT2D eigenvalue weighted by Gasteiger charge is 2.21. The van der Waals surface area contributed by atoms with Crippen molar-refractivity contribution in [3.63, 3.8) is 0 Å². The van der Waals surface area contributed by atoms with Crippen molar-refractivity contribution in [2.45, 2.75) is 19.3 Å². The fourth-order valence-electron chi connectivity index (χ4n) is 2.05. The lowest BCUT2D eigenvalue weighted by Crippen LogP contribution is -2.38. The smallest absolute Gasteiger partial charge is 0.322 e. The van der Waals surface area contributed by atoms with Crippen molar-refractivity contribution < 1.29 is 14.1 Å². The molecule has 2 rings (SSSR count). The van der Waals surface area contributed by atoms with Gasteiger partial charge in [0.25, 0.3) is 5.69 Å². The average molecular weight is 267 g/mol. The summed E-state index contributed by atoms with van der Waals surface area (Å²) < 4.78 is 13.0. The van der Waals surface area contributed by atoms with Crippen LogP contribution in [0.2, 0.25) is 0 Å². The SMILES string of the molecule is O=C(Nc1ccc(F)cc1[N+](=O)[O-])N1CCCCC1. The molecule has 0 aliphatic carbocycles. The van der Waals surface area contributed by atoms with E-state index < -0.39 is 16.4 Å². The van der Waals surface area contributed by atoms with Crippen LogP contribution in [0.1, 0.15) is 19.3 Å². The first-order valence-electron chi connectivity index (χ1n) is 6.08. The van der Waals surface area contributed by atoms with E-state index in [9.17, 15) is 19.3 Å². The van der Waals surface area contributed by atoms with E-state index in [0.29, 0.717) is 13.1 Å². The molecule has 0 aromatic heterocycles. The van der Waals surface area contributed by atoms with Crippen molar-refractivity contribution >= 4 is 17.4 Å². The van der Waals surface area contributed by atoms with Crippen LogP contribution in [0.4, 0.5) is 20.6 Å². The predicted molar refractivity (Wildman–Crippen MR) is 67.5 cm³/mol. The molecule has 1 fully saturated rings. The van der Waals surface area contributed by atoms with Gasteiger partial charge in [-0.2, -0.15) is 0 Å². The number of carbonyl (C=O) groups excluding carboxylic acids is 1. The van der Waals surface area contributed by atoms with Crippen LogP contribution < -0.4 is 5.32 Å². The van der Waals surface area contributed by atoms with Gasteiger partial charge >= 0.3 is 6.03 Å². The van der Waals surface area contributed by atoms with Crippen LogP contribution in [0, 0.1) is 15.9 Å². The lowest BCUT2D eigenvalue weighted by Gasteiger charge is -2.26. The molecule has 0 bridgehead atoms. The van der Waals surface area contributed by atoms with Gasteiger partial charge in [-0.05, 0) is 31.4 Å². The number of benzene rings is 1. The topological polar surface area (TPSA) is 75.5 Å². The van der Waals surface area contributed by atoms with Crippen LogP contribution in [0.3, 0.4) is 0 Å². The van der Waals surface area contributed by atoms with Crippen LogP contribution in [0.5, 0.6) is 0 Å². The van der Waals surface area contributed by atoms with Gasteiger partial charge in [-0.3, -0.25) is 10.1 Å². The normalized spacial score (nSPS) is 15.1. The number of nitrogens with one attached hydrogen (secondary N) is 1. The zero-order valence-electron chi connectivity index (χ0n) is 10.3. The number of rotatable bonds is 2. The van der Waals surface area contributed by atoms with Gasteiger partial charge in [0.15, 0.2) is 0 Å². The molecule has 0 saturated carbocycles. The number of anilines is 1. The van der Waals surface area contributed by atoms with Crippen molar-refractivity contribution in [1.29, 1.82) is 0 Å². The van der Waals surface area contributed by atoms with Crippen LogP contribution in [0.25, 0.3) is 0 Å². The standard InChI is InChI=1S/C12H14FN3O3/c13-9-4-5-10(11(8-9)16(18)19)14-12(17)15-6-2-1-3-7-15/h4-5,8H,1-3,6-7H2,(H,14,17). The third-order valence-corrected chi connectivity index (χ3v) is 3.04. The fourth-order valence-corrected chi connectivity index (χ4v) is 2.05. The lowest BCUT2D eigenvalue weighted by atomic mass is 10.1. The Morgan fingerprint density at radius 1 is 1.32 bits per heavy atom. The first kappa shape index (κ1) is 13.3. The Morgan fingerprint density at radius 2 is 2.00 bits per heavy atom. The molecular weight excluding hydrogens is 253 g/mol. The van der Waals surface area contributed by atoms with Crippen molar-refractivity contribution in [3.05, 3.63) is 34.1 Å². The van der Waals surface area contributed by atoms with Crippen molar-refractivity contribution in [2.75, 3.05) is 18.4 Å². The van der Waals surface area contributed by atoms with E-state index in [1.807, 2.05) is 0 Å². The number of hydrogen-bond donors (Lipinski definition) is 1. The van der Waals surface area contributed by atoms with Crippen LogP contribution in [0.15, 0.2) is 18.2 Å². The molecule has 0 unspecified atom stereocenters. The van der Waals surface area contributed by atoms with E-state index in [2.05, 4.69) is 5.32 Å². The summed E-state index contributed by atoms with van der Waals surface area (Å²) in [4.78, 5) is 23.6. The second-order valence-corrected chi connectivity index (χ2v) is 4.40. The minimum Gasteiger partial charge on any atom is -0.325 e. The average Bonchev–Trinajstić information content (AvgIpc) is 2.41. The zero-order chi connectivity index (χ0) is 13.8. The lowest BCUT2D eigenvalue weighted by molar-refractivity contribution is -0.384. The predicted octanol–water partition coefficient (Wildman–Crippen LogP) is 2.75. The Labute approximate surface area is 109 Å². The number of amides is 2. The zero-order valence-corrected chi connectivity index (χ0v) is 10.3. The number of carbonyl (C=O) groups is 1. The number of hydrogen-bond acceptors (Lipinski definition) is 3. The number of nitro benzene ring substituents is 1. The van der Waals surface area contributed by atoms with E-state index in [4.69, 9.17) is 0 Å². The highest BCUT2D eigenvalue weighted by Crippen LogP contribution is 2.25. The summed E-state index contributed by atoms with van der Waals surface area (Å²) in [5.74, 6) is -0.706. The Bertz CT molecular complexity index is 501. The van der Waals surface area contributed by atoms with Crippen molar-refractivity contribution in [2.24, 2.45) is 0 Å². The Hall–Kier alpha value is -2.18. The summed E-state index contributed by atoms with van der Waals surface area (Å²) in [5, 5.41) is 13.3. The molecule has 1 aromatic carbocycles. The van der Waals surface area contributed by atoms with Crippen LogP contribution in [-0.4, -0.2) is 28.9 Å². The fraction of sp³-hybridized carbons (Fsp3) is 0.417. The summed E-state index contributed by atoms with van der Waals surface area (Å²) >= 11 is 0. The number of urea groups is 1. The minimum atomic E-state index is -0.713. The maximum atomic E-state index is 13.0. The molecule has 1 saturated heterocycles. The summed E-state index contributed by atoms with van der Waals surface area (Å²) in [7, 11) is 0. The van der Waals surface area contributed by atoms with Gasteiger partial charge < -0.3 is 10.2 Å². The molecule has 6 nitrogen and oxygen atoms in total. The van der Waals surface area contributed by atoms with Gasteiger partial charge in [0.2, 0.25) is 0 Å². The number of likely N-dealkylation sites (tertiary alicyclic amines) is 1.